The number of methoxy groups -OCH3 is 1. The number of rotatable bonds is 4. The molecule has 2 saturated carbocycles. The van der Waals surface area contributed by atoms with Gasteiger partial charge >= 0.3 is 0 Å². The molecule has 4 rings (SSSR count). The van der Waals surface area contributed by atoms with Gasteiger partial charge in [-0.2, -0.15) is 0 Å². The fourth-order valence-electron chi connectivity index (χ4n) is 4.93. The number of nitrogens with one attached hydrogen (secondary N) is 1. The summed E-state index contributed by atoms with van der Waals surface area (Å²) >= 11 is 0. The first-order chi connectivity index (χ1) is 11.6. The largest absolute Gasteiger partial charge is 0.381 e. The lowest BCUT2D eigenvalue weighted by molar-refractivity contribution is -0.0522. The van der Waals surface area contributed by atoms with Crippen LogP contribution in [0.4, 0.5) is 0 Å². The zero-order valence-electron chi connectivity index (χ0n) is 15.6. The third-order valence-electron chi connectivity index (χ3n) is 7.03. The molecule has 0 bridgehead atoms. The number of nitrogens with zero attached hydrogens (tertiary/aromatic N) is 3. The van der Waals surface area contributed by atoms with Crippen LogP contribution in [0.2, 0.25) is 0 Å². The van der Waals surface area contributed by atoms with Crippen LogP contribution in [-0.2, 0) is 4.74 Å². The highest BCUT2D eigenvalue weighted by molar-refractivity contribution is 5.10. The monoisotopic (exact) mass is 334 g/mol. The van der Waals surface area contributed by atoms with E-state index in [1.54, 1.807) is 0 Å². The first-order valence-corrected chi connectivity index (χ1v) is 9.77. The smallest absolute Gasteiger partial charge is 0.0648 e. The van der Waals surface area contributed by atoms with E-state index < -0.39 is 0 Å². The molecule has 2 aliphatic heterocycles. The third kappa shape index (κ3) is 2.95. The normalized spacial score (nSPS) is 41.2. The van der Waals surface area contributed by atoms with Crippen LogP contribution in [0.5, 0.6) is 0 Å². The average molecular weight is 335 g/mol. The van der Waals surface area contributed by atoms with Crippen molar-refractivity contribution in [2.45, 2.75) is 68.8 Å². The van der Waals surface area contributed by atoms with Gasteiger partial charge in [0, 0.05) is 64.8 Å². The van der Waals surface area contributed by atoms with Gasteiger partial charge in [0.1, 0.15) is 0 Å². The Kier molecular flexibility index (Phi) is 4.52. The van der Waals surface area contributed by atoms with Gasteiger partial charge in [-0.05, 0) is 39.0 Å². The molecule has 4 aliphatic rings. The molecule has 2 atom stereocenters. The topological polar surface area (TPSA) is 31.0 Å². The van der Waals surface area contributed by atoms with E-state index in [1.165, 1.54) is 38.6 Å². The van der Waals surface area contributed by atoms with Crippen LogP contribution in [-0.4, -0.2) is 84.8 Å². The fraction of sp³-hybridized carbons (Fsp3) is 0.895. The van der Waals surface area contributed by atoms with Gasteiger partial charge in [-0.3, -0.25) is 4.90 Å². The molecular weight excluding hydrogens is 300 g/mol. The maximum absolute atomic E-state index is 5.49. The van der Waals surface area contributed by atoms with Crippen molar-refractivity contribution in [1.82, 2.24) is 20.0 Å². The number of hydrogen-bond donors (Lipinski definition) is 1. The number of likely N-dealkylation sites (N-methyl/N-ethyl adjacent to an activating group) is 1. The molecular formula is C19H34N4O. The van der Waals surface area contributed by atoms with Crippen molar-refractivity contribution >= 4 is 0 Å². The Morgan fingerprint density at radius 3 is 2.62 bits per heavy atom. The quantitative estimate of drug-likeness (QED) is 0.841. The summed E-state index contributed by atoms with van der Waals surface area (Å²) in [5.74, 6) is 0. The Morgan fingerprint density at radius 2 is 1.96 bits per heavy atom. The predicted octanol–water partition coefficient (Wildman–Crippen LogP) is 1.47. The highest BCUT2D eigenvalue weighted by Crippen LogP contribution is 2.33. The van der Waals surface area contributed by atoms with Crippen LogP contribution in [0.3, 0.4) is 0 Å². The molecule has 0 radical (unpaired) electrons. The molecule has 0 amide bonds. The van der Waals surface area contributed by atoms with Crippen molar-refractivity contribution in [3.8, 4) is 0 Å². The number of piperazine rings is 1. The molecule has 0 aromatic carbocycles. The zero-order valence-corrected chi connectivity index (χ0v) is 15.6. The Labute approximate surface area is 147 Å². The van der Waals surface area contributed by atoms with Crippen molar-refractivity contribution in [3.05, 3.63) is 12.4 Å². The van der Waals surface area contributed by atoms with E-state index in [2.05, 4.69) is 46.4 Å². The summed E-state index contributed by atoms with van der Waals surface area (Å²) < 4.78 is 5.49. The molecule has 24 heavy (non-hydrogen) atoms. The first-order valence-electron chi connectivity index (χ1n) is 9.77. The van der Waals surface area contributed by atoms with E-state index in [0.717, 1.165) is 31.7 Å². The summed E-state index contributed by atoms with van der Waals surface area (Å²) in [6, 6.07) is 2.04. The van der Waals surface area contributed by atoms with Crippen LogP contribution in [0.15, 0.2) is 12.4 Å². The summed E-state index contributed by atoms with van der Waals surface area (Å²) in [7, 11) is 4.09. The fourth-order valence-corrected chi connectivity index (χ4v) is 4.93. The van der Waals surface area contributed by atoms with E-state index in [-0.39, 0.29) is 5.54 Å². The summed E-state index contributed by atoms with van der Waals surface area (Å²) in [4.78, 5) is 7.75. The lowest BCUT2D eigenvalue weighted by Crippen LogP contribution is -2.71. The third-order valence-corrected chi connectivity index (χ3v) is 7.03. The molecule has 2 aliphatic carbocycles. The van der Waals surface area contributed by atoms with Gasteiger partial charge in [0.25, 0.3) is 0 Å². The first kappa shape index (κ1) is 16.7. The maximum atomic E-state index is 5.49. The highest BCUT2D eigenvalue weighted by atomic mass is 16.5. The van der Waals surface area contributed by atoms with Crippen molar-refractivity contribution in [3.63, 3.8) is 0 Å². The Hall–Kier alpha value is -0.780. The molecule has 2 unspecified atom stereocenters. The van der Waals surface area contributed by atoms with Gasteiger partial charge in [-0.15, -0.1) is 0 Å². The minimum absolute atomic E-state index is 0.151. The van der Waals surface area contributed by atoms with Gasteiger partial charge < -0.3 is 19.9 Å². The summed E-state index contributed by atoms with van der Waals surface area (Å²) in [5, 5.41) is 3.87. The maximum Gasteiger partial charge on any atom is 0.0648 e. The van der Waals surface area contributed by atoms with Crippen molar-refractivity contribution in [2.24, 2.45) is 0 Å². The zero-order chi connectivity index (χ0) is 16.7. The van der Waals surface area contributed by atoms with Crippen molar-refractivity contribution in [2.75, 3.05) is 40.3 Å². The SMILES string of the molecule is COC1CC(N2CCNC(C)(C3CN(C4CCC4)C=CN3C)C2)C1. The van der Waals surface area contributed by atoms with Gasteiger partial charge in [0.2, 0.25) is 0 Å². The summed E-state index contributed by atoms with van der Waals surface area (Å²) in [6.07, 6.45) is 11.7. The van der Waals surface area contributed by atoms with Crippen LogP contribution in [0.1, 0.15) is 39.0 Å². The minimum atomic E-state index is 0.151. The number of ether oxygens (including phenoxy) is 1. The second-order valence-electron chi connectivity index (χ2n) is 8.56. The molecule has 0 aromatic rings. The van der Waals surface area contributed by atoms with Crippen LogP contribution in [0, 0.1) is 0 Å². The standard InChI is InChI=1S/C19H34N4O/c1-19(14-23(8-7-20-19)16-11-17(12-16)24-3)18-13-22(10-9-21(18)2)15-5-4-6-15/h9-10,15-18,20H,4-8,11-14H2,1-3H3. The van der Waals surface area contributed by atoms with E-state index in [1.807, 2.05) is 7.11 Å². The molecule has 2 heterocycles. The van der Waals surface area contributed by atoms with E-state index in [9.17, 15) is 0 Å². The lowest BCUT2D eigenvalue weighted by Gasteiger charge is -2.55. The van der Waals surface area contributed by atoms with Crippen LogP contribution in [0.25, 0.3) is 0 Å². The molecule has 0 spiro atoms. The van der Waals surface area contributed by atoms with Crippen LogP contribution < -0.4 is 5.32 Å². The summed E-state index contributed by atoms with van der Waals surface area (Å²) in [6.45, 7) is 7.01. The second-order valence-corrected chi connectivity index (χ2v) is 8.56. The molecule has 3 fully saturated rings. The Bertz CT molecular complexity index is 474. The minimum Gasteiger partial charge on any atom is -0.381 e. The molecule has 1 saturated heterocycles. The van der Waals surface area contributed by atoms with Crippen LogP contribution >= 0.6 is 0 Å². The molecule has 0 aromatic heterocycles. The van der Waals surface area contributed by atoms with E-state index in [4.69, 9.17) is 4.74 Å². The van der Waals surface area contributed by atoms with Gasteiger partial charge in [0.05, 0.1) is 17.7 Å². The average Bonchev–Trinajstić information content (AvgIpc) is 2.46. The van der Waals surface area contributed by atoms with Crippen molar-refractivity contribution in [1.29, 1.82) is 0 Å². The highest BCUT2D eigenvalue weighted by Gasteiger charge is 2.45. The molecule has 136 valence electrons. The second kappa shape index (κ2) is 6.50. The van der Waals surface area contributed by atoms with Gasteiger partial charge in [-0.25, -0.2) is 0 Å². The predicted molar refractivity (Wildman–Crippen MR) is 96.8 cm³/mol. The van der Waals surface area contributed by atoms with E-state index in [0.29, 0.717) is 12.1 Å². The van der Waals surface area contributed by atoms with E-state index >= 15 is 0 Å². The Morgan fingerprint density at radius 1 is 1.17 bits per heavy atom. The molecule has 1 N–H and O–H groups in total. The molecule has 5 heteroatoms. The van der Waals surface area contributed by atoms with Gasteiger partial charge in [-0.1, -0.05) is 0 Å². The van der Waals surface area contributed by atoms with Crippen molar-refractivity contribution < 1.29 is 4.74 Å². The lowest BCUT2D eigenvalue weighted by atomic mass is 9.82. The van der Waals surface area contributed by atoms with Gasteiger partial charge in [0.15, 0.2) is 0 Å². The number of hydrogen-bond acceptors (Lipinski definition) is 5. The Balaban J connectivity index is 1.42. The summed E-state index contributed by atoms with van der Waals surface area (Å²) in [5.41, 5.74) is 0.151. The molecule has 5 nitrogen and oxygen atoms in total.